The van der Waals surface area contributed by atoms with E-state index in [-0.39, 0.29) is 48.6 Å². The summed E-state index contributed by atoms with van der Waals surface area (Å²) in [4.78, 5) is 34.3. The van der Waals surface area contributed by atoms with Crippen LogP contribution in [0.25, 0.3) is 0 Å². The minimum absolute atomic E-state index is 0. The van der Waals surface area contributed by atoms with Crippen LogP contribution in [0.1, 0.15) is 46.5 Å². The number of guanidine groups is 1. The minimum atomic E-state index is -0.229. The number of piperidine rings is 1. The first-order valence-corrected chi connectivity index (χ1v) is 11.0. The fourth-order valence-electron chi connectivity index (χ4n) is 4.01. The lowest BCUT2D eigenvalue weighted by Crippen LogP contribution is -2.50. The summed E-state index contributed by atoms with van der Waals surface area (Å²) in [6.07, 6.45) is 3.86. The molecule has 0 aromatic rings. The molecule has 0 aromatic carbocycles. The first kappa shape index (κ1) is 26.8. The van der Waals surface area contributed by atoms with Crippen LogP contribution in [0.15, 0.2) is 4.99 Å². The Balaban J connectivity index is 0.00000450. The van der Waals surface area contributed by atoms with Gasteiger partial charge in [-0.2, -0.15) is 0 Å². The van der Waals surface area contributed by atoms with E-state index >= 15 is 0 Å². The van der Waals surface area contributed by atoms with Crippen LogP contribution >= 0.6 is 24.0 Å². The molecule has 2 aliphatic heterocycles. The van der Waals surface area contributed by atoms with Crippen LogP contribution < -0.4 is 5.32 Å². The van der Waals surface area contributed by atoms with Crippen LogP contribution in [0.5, 0.6) is 0 Å². The molecule has 2 fully saturated rings. The zero-order valence-electron chi connectivity index (χ0n) is 19.2. The fraction of sp³-hybridized carbons (Fsp3) is 0.857. The van der Waals surface area contributed by atoms with Crippen molar-refractivity contribution in [1.29, 1.82) is 0 Å². The predicted molar refractivity (Wildman–Crippen MR) is 130 cm³/mol. The molecule has 0 spiro atoms. The Bertz CT molecular complexity index is 577. The van der Waals surface area contributed by atoms with Gasteiger partial charge in [0.25, 0.3) is 0 Å². The molecule has 2 amide bonds. The topological polar surface area (TPSA) is 77.5 Å². The summed E-state index contributed by atoms with van der Waals surface area (Å²) in [5.74, 6) is 2.20. The molecule has 30 heavy (non-hydrogen) atoms. The molecule has 174 valence electrons. The zero-order valence-corrected chi connectivity index (χ0v) is 21.6. The lowest BCUT2D eigenvalue weighted by atomic mass is 9.97. The SMILES string of the molecule is CCOC(=O)N1CCC(NC(=NCC(=O)N(C)C)N2CCC(CC(C)C)C2)CC1.I. The van der Waals surface area contributed by atoms with E-state index in [0.717, 1.165) is 31.9 Å². The molecule has 0 saturated carbocycles. The number of ether oxygens (including phenoxy) is 1. The highest BCUT2D eigenvalue weighted by molar-refractivity contribution is 14.0. The van der Waals surface area contributed by atoms with Crippen LogP contribution in [-0.2, 0) is 9.53 Å². The maximum absolute atomic E-state index is 12.1. The van der Waals surface area contributed by atoms with Crippen molar-refractivity contribution in [2.45, 2.75) is 52.5 Å². The molecule has 0 aromatic heterocycles. The van der Waals surface area contributed by atoms with Crippen molar-refractivity contribution in [3.8, 4) is 0 Å². The van der Waals surface area contributed by atoms with E-state index in [1.807, 2.05) is 6.92 Å². The van der Waals surface area contributed by atoms with Gasteiger partial charge in [0.2, 0.25) is 5.91 Å². The number of carbonyl (C=O) groups excluding carboxylic acids is 2. The summed E-state index contributed by atoms with van der Waals surface area (Å²) in [5, 5.41) is 3.58. The number of aliphatic imine (C=N–C) groups is 1. The molecule has 2 aliphatic rings. The van der Waals surface area contributed by atoms with Crippen molar-refractivity contribution in [3.05, 3.63) is 0 Å². The first-order chi connectivity index (χ1) is 13.8. The summed E-state index contributed by atoms with van der Waals surface area (Å²) in [6.45, 7) is 10.2. The molecule has 1 unspecified atom stereocenters. The van der Waals surface area contributed by atoms with Crippen molar-refractivity contribution < 1.29 is 14.3 Å². The van der Waals surface area contributed by atoms with Gasteiger partial charge in [0.1, 0.15) is 6.54 Å². The number of likely N-dealkylation sites (N-methyl/N-ethyl adjacent to an activating group) is 1. The molecular formula is C21H40IN5O3. The van der Waals surface area contributed by atoms with Crippen LogP contribution in [0, 0.1) is 11.8 Å². The highest BCUT2D eigenvalue weighted by Crippen LogP contribution is 2.23. The number of halogens is 1. The van der Waals surface area contributed by atoms with Crippen molar-refractivity contribution in [2.75, 3.05) is 53.4 Å². The van der Waals surface area contributed by atoms with Gasteiger partial charge in [0.15, 0.2) is 5.96 Å². The maximum Gasteiger partial charge on any atom is 0.409 e. The number of hydrogen-bond acceptors (Lipinski definition) is 4. The van der Waals surface area contributed by atoms with E-state index in [0.29, 0.717) is 31.5 Å². The normalized spacial score (nSPS) is 20.2. The summed E-state index contributed by atoms with van der Waals surface area (Å²) >= 11 is 0. The molecule has 8 nitrogen and oxygen atoms in total. The van der Waals surface area contributed by atoms with E-state index in [1.54, 1.807) is 23.9 Å². The van der Waals surface area contributed by atoms with E-state index in [2.05, 4.69) is 29.1 Å². The van der Waals surface area contributed by atoms with Gasteiger partial charge >= 0.3 is 6.09 Å². The van der Waals surface area contributed by atoms with Crippen molar-refractivity contribution >= 4 is 41.9 Å². The van der Waals surface area contributed by atoms with E-state index in [4.69, 9.17) is 4.74 Å². The van der Waals surface area contributed by atoms with Gasteiger partial charge in [-0.05, 0) is 44.4 Å². The van der Waals surface area contributed by atoms with E-state index in [1.165, 1.54) is 12.8 Å². The number of nitrogens with zero attached hydrogens (tertiary/aromatic N) is 4. The third-order valence-electron chi connectivity index (χ3n) is 5.61. The molecule has 1 atom stereocenters. The third-order valence-corrected chi connectivity index (χ3v) is 5.61. The standard InChI is InChI=1S/C21H39N5O3.HI/c1-6-29-21(28)25-11-8-18(9-12-25)23-20(22-14-19(27)24(4)5)26-10-7-17(15-26)13-16(2)3;/h16-18H,6-15H2,1-5H3,(H,22,23);1H. The lowest BCUT2D eigenvalue weighted by molar-refractivity contribution is -0.127. The quantitative estimate of drug-likeness (QED) is 0.320. The largest absolute Gasteiger partial charge is 0.450 e. The van der Waals surface area contributed by atoms with Gasteiger partial charge in [0.05, 0.1) is 6.61 Å². The van der Waals surface area contributed by atoms with Crippen LogP contribution in [-0.4, -0.2) is 92.1 Å². The lowest BCUT2D eigenvalue weighted by Gasteiger charge is -2.34. The molecule has 0 aliphatic carbocycles. The van der Waals surface area contributed by atoms with Crippen molar-refractivity contribution in [1.82, 2.24) is 20.0 Å². The summed E-state index contributed by atoms with van der Waals surface area (Å²) in [7, 11) is 3.51. The fourth-order valence-corrected chi connectivity index (χ4v) is 4.01. The summed E-state index contributed by atoms with van der Waals surface area (Å²) in [6, 6.07) is 0.248. The predicted octanol–water partition coefficient (Wildman–Crippen LogP) is 2.63. The second-order valence-electron chi connectivity index (χ2n) is 8.76. The number of nitrogens with one attached hydrogen (secondary N) is 1. The molecule has 2 heterocycles. The molecular weight excluding hydrogens is 497 g/mol. The Morgan fingerprint density at radius 3 is 2.33 bits per heavy atom. The molecule has 9 heteroatoms. The monoisotopic (exact) mass is 537 g/mol. The Hall–Kier alpha value is -1.26. The van der Waals surface area contributed by atoms with Gasteiger partial charge in [0, 0.05) is 46.3 Å². The van der Waals surface area contributed by atoms with Gasteiger partial charge in [-0.25, -0.2) is 9.79 Å². The Kier molecular flexibility index (Phi) is 11.8. The number of rotatable bonds is 6. The Labute approximate surface area is 198 Å². The molecule has 0 bridgehead atoms. The first-order valence-electron chi connectivity index (χ1n) is 11.0. The number of hydrogen-bond donors (Lipinski definition) is 1. The van der Waals surface area contributed by atoms with Gasteiger partial charge in [-0.15, -0.1) is 24.0 Å². The second-order valence-corrected chi connectivity index (χ2v) is 8.76. The highest BCUT2D eigenvalue weighted by Gasteiger charge is 2.29. The minimum Gasteiger partial charge on any atom is -0.450 e. The van der Waals surface area contributed by atoms with Crippen molar-refractivity contribution in [3.63, 3.8) is 0 Å². The van der Waals surface area contributed by atoms with Gasteiger partial charge in [-0.3, -0.25) is 4.79 Å². The number of likely N-dealkylation sites (tertiary alicyclic amines) is 2. The summed E-state index contributed by atoms with van der Waals surface area (Å²) in [5.41, 5.74) is 0. The Morgan fingerprint density at radius 1 is 1.13 bits per heavy atom. The Morgan fingerprint density at radius 2 is 1.77 bits per heavy atom. The van der Waals surface area contributed by atoms with Crippen molar-refractivity contribution in [2.24, 2.45) is 16.8 Å². The molecule has 0 radical (unpaired) electrons. The maximum atomic E-state index is 12.1. The van der Waals surface area contributed by atoms with E-state index in [9.17, 15) is 9.59 Å². The summed E-state index contributed by atoms with van der Waals surface area (Å²) < 4.78 is 5.10. The second kappa shape index (κ2) is 13.2. The molecule has 2 saturated heterocycles. The van der Waals surface area contributed by atoms with Crippen LogP contribution in [0.3, 0.4) is 0 Å². The van der Waals surface area contributed by atoms with Gasteiger partial charge < -0.3 is 24.8 Å². The number of carbonyl (C=O) groups is 2. The zero-order chi connectivity index (χ0) is 21.4. The average molecular weight is 537 g/mol. The van der Waals surface area contributed by atoms with Crippen LogP contribution in [0.2, 0.25) is 0 Å². The number of amides is 2. The van der Waals surface area contributed by atoms with Crippen LogP contribution in [0.4, 0.5) is 4.79 Å². The highest BCUT2D eigenvalue weighted by atomic mass is 127. The van der Waals surface area contributed by atoms with E-state index < -0.39 is 0 Å². The smallest absolute Gasteiger partial charge is 0.409 e. The molecule has 1 N–H and O–H groups in total. The van der Waals surface area contributed by atoms with Gasteiger partial charge in [-0.1, -0.05) is 13.8 Å². The third kappa shape index (κ3) is 8.47. The average Bonchev–Trinajstić information content (AvgIpc) is 3.13. The molecule has 2 rings (SSSR count).